The Morgan fingerprint density at radius 2 is 2.14 bits per heavy atom. The zero-order chi connectivity index (χ0) is 20.9. The number of ether oxygens (including phenoxy) is 2. The number of hydrogen-bond donors (Lipinski definition) is 3. The number of nitrogens with zero attached hydrogens (tertiary/aromatic N) is 4. The summed E-state index contributed by atoms with van der Waals surface area (Å²) in [5, 5.41) is 2.36. The first-order valence-corrected chi connectivity index (χ1v) is 10.4. The van der Waals surface area contributed by atoms with Gasteiger partial charge in [0.2, 0.25) is 0 Å². The van der Waals surface area contributed by atoms with E-state index in [1.165, 1.54) is 19.3 Å². The van der Waals surface area contributed by atoms with Crippen LogP contribution in [0.3, 0.4) is 0 Å². The van der Waals surface area contributed by atoms with Crippen LogP contribution in [0.2, 0.25) is 0 Å². The molecule has 1 unspecified atom stereocenters. The fourth-order valence-corrected chi connectivity index (χ4v) is 3.56. The highest BCUT2D eigenvalue weighted by Crippen LogP contribution is 2.36. The molecule has 0 radical (unpaired) electrons. The molecule has 4 atom stereocenters. The molecule has 0 fully saturated rings. The second-order valence-electron chi connectivity index (χ2n) is 6.36. The molecule has 11 nitrogen and oxygen atoms in total. The number of carbonyl (C=O) groups excluding carboxylic acids is 1. The van der Waals surface area contributed by atoms with E-state index in [9.17, 15) is 14.3 Å². The molecule has 0 aromatic carbocycles. The summed E-state index contributed by atoms with van der Waals surface area (Å²) in [6.45, 7) is 8.65. The quantitative estimate of drug-likeness (QED) is 0.293. The number of carbonyl (C=O) groups is 1. The molecule has 12 heteroatoms. The van der Waals surface area contributed by atoms with Gasteiger partial charge in [0.05, 0.1) is 19.0 Å². The molecular weight excluding hydrogens is 387 g/mol. The van der Waals surface area contributed by atoms with E-state index in [4.69, 9.17) is 15.2 Å². The normalized spacial score (nSPS) is 16.9. The van der Waals surface area contributed by atoms with E-state index in [1.807, 2.05) is 0 Å². The standard InChI is InChI=1S/C16H25N6O5P/c1-5-10(2)27-16(23)12(4)21-28(24,25)9-26-11(3)6-22-8-20-13-14(17)18-7-19-15(13)22/h5,7-8,10-12H,1,6,9H2,2-4H3,(H2,17,18,19)(H2,21,24,25)/t10-,11-,12-/m1/s1. The number of nitrogens with two attached hydrogens (primary N) is 1. The monoisotopic (exact) mass is 412 g/mol. The molecule has 0 aliphatic heterocycles. The van der Waals surface area contributed by atoms with Gasteiger partial charge in [-0.1, -0.05) is 12.7 Å². The van der Waals surface area contributed by atoms with Crippen LogP contribution >= 0.6 is 7.52 Å². The molecule has 0 aliphatic carbocycles. The lowest BCUT2D eigenvalue weighted by Crippen LogP contribution is -2.35. The Morgan fingerprint density at radius 3 is 2.82 bits per heavy atom. The van der Waals surface area contributed by atoms with E-state index in [1.54, 1.807) is 24.7 Å². The van der Waals surface area contributed by atoms with Gasteiger partial charge >= 0.3 is 5.97 Å². The molecule has 0 bridgehead atoms. The van der Waals surface area contributed by atoms with Crippen molar-refractivity contribution in [1.29, 1.82) is 0 Å². The molecular formula is C16H25N6O5P. The van der Waals surface area contributed by atoms with Crippen molar-refractivity contribution >= 4 is 30.5 Å². The van der Waals surface area contributed by atoms with Gasteiger partial charge in [-0.3, -0.25) is 9.36 Å². The second kappa shape index (κ2) is 9.24. The van der Waals surface area contributed by atoms with Crippen LogP contribution in [0.4, 0.5) is 5.82 Å². The van der Waals surface area contributed by atoms with Gasteiger partial charge in [-0.25, -0.2) is 20.0 Å². The van der Waals surface area contributed by atoms with Crippen LogP contribution in [0.1, 0.15) is 20.8 Å². The summed E-state index contributed by atoms with van der Waals surface area (Å²) >= 11 is 0. The average Bonchev–Trinajstić information content (AvgIpc) is 3.04. The lowest BCUT2D eigenvalue weighted by atomic mass is 10.3. The Hall–Kier alpha value is -2.33. The van der Waals surface area contributed by atoms with Gasteiger partial charge in [0.25, 0.3) is 7.52 Å². The van der Waals surface area contributed by atoms with Crippen LogP contribution in [0.5, 0.6) is 0 Å². The van der Waals surface area contributed by atoms with Crippen molar-refractivity contribution in [1.82, 2.24) is 24.6 Å². The molecule has 0 saturated carbocycles. The Kier molecular flexibility index (Phi) is 7.25. The maximum absolute atomic E-state index is 12.3. The van der Waals surface area contributed by atoms with Gasteiger partial charge in [-0.15, -0.1) is 0 Å². The predicted octanol–water partition coefficient (Wildman–Crippen LogP) is 1.05. The molecule has 2 heterocycles. The van der Waals surface area contributed by atoms with Crippen LogP contribution in [0, 0.1) is 0 Å². The molecule has 2 rings (SSSR count). The first kappa shape index (κ1) is 22.0. The molecule has 154 valence electrons. The van der Waals surface area contributed by atoms with Gasteiger partial charge in [-0.05, 0) is 20.8 Å². The number of esters is 1. The number of rotatable bonds is 10. The minimum Gasteiger partial charge on any atom is -0.457 e. The number of aromatic nitrogens is 4. The van der Waals surface area contributed by atoms with Crippen LogP contribution in [0.25, 0.3) is 11.2 Å². The van der Waals surface area contributed by atoms with Crippen molar-refractivity contribution in [2.45, 2.75) is 45.6 Å². The maximum Gasteiger partial charge on any atom is 0.323 e. The summed E-state index contributed by atoms with van der Waals surface area (Å²) in [7, 11) is -3.92. The van der Waals surface area contributed by atoms with Gasteiger partial charge < -0.3 is 24.7 Å². The number of hydrogen-bond acceptors (Lipinski definition) is 8. The molecule has 0 amide bonds. The largest absolute Gasteiger partial charge is 0.457 e. The summed E-state index contributed by atoms with van der Waals surface area (Å²) in [4.78, 5) is 34.1. The molecule has 0 aliphatic rings. The van der Waals surface area contributed by atoms with E-state index in [0.717, 1.165) is 0 Å². The molecule has 28 heavy (non-hydrogen) atoms. The minimum absolute atomic E-state index is 0.271. The zero-order valence-electron chi connectivity index (χ0n) is 16.0. The highest BCUT2D eigenvalue weighted by atomic mass is 31.2. The SMILES string of the molecule is C=C[C@@H](C)OC(=O)[C@@H](C)NP(=O)(O)CO[C@H](C)Cn1cnc2c(N)ncnc21. The number of fused-ring (bicyclic) bond motifs is 1. The third-order valence-electron chi connectivity index (χ3n) is 3.80. The lowest BCUT2D eigenvalue weighted by molar-refractivity contribution is -0.147. The molecule has 2 aromatic heterocycles. The van der Waals surface area contributed by atoms with Gasteiger partial charge in [0, 0.05) is 0 Å². The fourth-order valence-electron chi connectivity index (χ4n) is 2.32. The van der Waals surface area contributed by atoms with E-state index in [0.29, 0.717) is 17.7 Å². The Bertz CT molecular complexity index is 888. The van der Waals surface area contributed by atoms with Gasteiger partial charge in [-0.2, -0.15) is 0 Å². The smallest absolute Gasteiger partial charge is 0.323 e. The van der Waals surface area contributed by atoms with Crippen molar-refractivity contribution in [3.63, 3.8) is 0 Å². The Labute approximate surface area is 162 Å². The highest BCUT2D eigenvalue weighted by Gasteiger charge is 2.27. The van der Waals surface area contributed by atoms with Gasteiger partial charge in [0.1, 0.15) is 30.3 Å². The van der Waals surface area contributed by atoms with E-state index in [2.05, 4.69) is 26.6 Å². The minimum atomic E-state index is -3.92. The first-order chi connectivity index (χ1) is 13.1. The third-order valence-corrected chi connectivity index (χ3v) is 5.09. The van der Waals surface area contributed by atoms with Crippen LogP contribution in [-0.4, -0.2) is 55.0 Å². The molecule has 4 N–H and O–H groups in total. The van der Waals surface area contributed by atoms with Crippen molar-refractivity contribution < 1.29 is 23.7 Å². The third kappa shape index (κ3) is 5.83. The topological polar surface area (TPSA) is 154 Å². The summed E-state index contributed by atoms with van der Waals surface area (Å²) in [6, 6.07) is -0.977. The zero-order valence-corrected chi connectivity index (χ0v) is 16.9. The van der Waals surface area contributed by atoms with Crippen molar-refractivity contribution in [2.75, 3.05) is 12.1 Å². The van der Waals surface area contributed by atoms with Crippen LogP contribution < -0.4 is 10.8 Å². The summed E-state index contributed by atoms with van der Waals surface area (Å²) in [6.07, 6.45) is 2.93. The highest BCUT2D eigenvalue weighted by molar-refractivity contribution is 7.55. The van der Waals surface area contributed by atoms with Crippen LogP contribution in [0.15, 0.2) is 25.3 Å². The first-order valence-electron chi connectivity index (χ1n) is 8.58. The van der Waals surface area contributed by atoms with Gasteiger partial charge in [0.15, 0.2) is 11.5 Å². The molecule has 0 saturated heterocycles. The van der Waals surface area contributed by atoms with Crippen LogP contribution in [-0.2, 0) is 25.4 Å². The number of anilines is 1. The maximum atomic E-state index is 12.3. The predicted molar refractivity (Wildman–Crippen MR) is 103 cm³/mol. The Morgan fingerprint density at radius 1 is 1.43 bits per heavy atom. The summed E-state index contributed by atoms with van der Waals surface area (Å²) in [5.74, 6) is -0.384. The van der Waals surface area contributed by atoms with E-state index < -0.39 is 38.1 Å². The van der Waals surface area contributed by atoms with Crippen molar-refractivity contribution in [2.24, 2.45) is 0 Å². The average molecular weight is 412 g/mol. The number of imidazole rings is 1. The molecule has 2 aromatic rings. The molecule has 0 spiro atoms. The lowest BCUT2D eigenvalue weighted by Gasteiger charge is -2.21. The number of nitrogens with one attached hydrogen (secondary N) is 1. The fraction of sp³-hybridized carbons (Fsp3) is 0.500. The van der Waals surface area contributed by atoms with E-state index in [-0.39, 0.29) is 5.82 Å². The van der Waals surface area contributed by atoms with Crippen molar-refractivity contribution in [3.8, 4) is 0 Å². The second-order valence-corrected chi connectivity index (χ2v) is 8.28. The summed E-state index contributed by atoms with van der Waals surface area (Å²) < 4.78 is 24.5. The van der Waals surface area contributed by atoms with E-state index >= 15 is 0 Å². The summed E-state index contributed by atoms with van der Waals surface area (Å²) in [5.41, 5.74) is 6.77. The van der Waals surface area contributed by atoms with Crippen molar-refractivity contribution in [3.05, 3.63) is 25.3 Å². The number of nitrogen functional groups attached to an aromatic ring is 1. The Balaban J connectivity index is 1.89.